The summed E-state index contributed by atoms with van der Waals surface area (Å²) >= 11 is 0. The molecule has 1 aromatic carbocycles. The maximum atomic E-state index is 15.1. The molecule has 11 nitrogen and oxygen atoms in total. The summed E-state index contributed by atoms with van der Waals surface area (Å²) in [6.45, 7) is 1.70. The lowest BCUT2D eigenvalue weighted by Crippen LogP contribution is -2.35. The number of aromatic carboxylic acids is 1. The van der Waals surface area contributed by atoms with Crippen molar-refractivity contribution in [1.82, 2.24) is 14.9 Å². The van der Waals surface area contributed by atoms with Crippen LogP contribution in [0, 0.1) is 11.6 Å². The number of nitrogens with one attached hydrogen (secondary N) is 2. The standard InChI is InChI=1S/C28H27F2N5O6/c1-13(36)31-10-18-11-35(28(40)41-18)17-4-5-23(21(29)8-17)32-15-6-14(7-15)24-22(30)9-19-25(37)20(27(38)39)12-34(16-2-3-16)26(19)33-24/h4-5,8-9,12,14-16,18,32H,2-3,6-7,10-11H2,1H3,(H,31,36)(H,38,39)/t14?,15?,18-/m1/s1. The number of pyridine rings is 2. The maximum Gasteiger partial charge on any atom is 0.414 e. The summed E-state index contributed by atoms with van der Waals surface area (Å²) in [5.74, 6) is -3.11. The zero-order valence-electron chi connectivity index (χ0n) is 22.0. The number of carbonyl (C=O) groups excluding carboxylic acids is 2. The van der Waals surface area contributed by atoms with E-state index in [2.05, 4.69) is 15.6 Å². The van der Waals surface area contributed by atoms with Crippen LogP contribution in [0.15, 0.2) is 35.3 Å². The van der Waals surface area contributed by atoms with Gasteiger partial charge in [-0.05, 0) is 49.9 Å². The molecule has 3 N–H and O–H groups in total. The minimum absolute atomic E-state index is 0.0225. The number of amides is 2. The van der Waals surface area contributed by atoms with Gasteiger partial charge in [0, 0.05) is 31.1 Å². The first-order valence-electron chi connectivity index (χ1n) is 13.4. The fraction of sp³-hybridized carbons (Fsp3) is 0.393. The van der Waals surface area contributed by atoms with Crippen molar-refractivity contribution in [3.8, 4) is 0 Å². The number of cyclic esters (lactones) is 1. The normalized spacial score (nSPS) is 21.9. The van der Waals surface area contributed by atoms with Crippen molar-refractivity contribution in [1.29, 1.82) is 0 Å². The van der Waals surface area contributed by atoms with Crippen LogP contribution in [0.1, 0.15) is 60.6 Å². The molecule has 2 aliphatic carbocycles. The zero-order chi connectivity index (χ0) is 29.0. The molecule has 2 saturated carbocycles. The van der Waals surface area contributed by atoms with Gasteiger partial charge < -0.3 is 25.0 Å². The third-order valence-corrected chi connectivity index (χ3v) is 7.76. The molecule has 1 atom stereocenters. The number of fused-ring (bicyclic) bond motifs is 1. The minimum Gasteiger partial charge on any atom is -0.477 e. The smallest absolute Gasteiger partial charge is 0.414 e. The summed E-state index contributed by atoms with van der Waals surface area (Å²) in [6, 6.07) is 5.29. The van der Waals surface area contributed by atoms with E-state index in [0.29, 0.717) is 18.5 Å². The molecule has 0 bridgehead atoms. The summed E-state index contributed by atoms with van der Waals surface area (Å²) in [5, 5.41) is 15.1. The molecule has 2 aromatic heterocycles. The number of aromatic nitrogens is 2. The van der Waals surface area contributed by atoms with Crippen LogP contribution in [-0.4, -0.2) is 57.9 Å². The average molecular weight is 568 g/mol. The summed E-state index contributed by atoms with van der Waals surface area (Å²) in [4.78, 5) is 53.4. The van der Waals surface area contributed by atoms with Gasteiger partial charge in [0.2, 0.25) is 11.3 Å². The first kappa shape index (κ1) is 26.7. The highest BCUT2D eigenvalue weighted by atomic mass is 19.1. The molecule has 6 rings (SSSR count). The Labute approximate surface area is 232 Å². The molecule has 0 unspecified atom stereocenters. The minimum atomic E-state index is -1.37. The number of carbonyl (C=O) groups is 3. The van der Waals surface area contributed by atoms with Crippen LogP contribution < -0.4 is 21.0 Å². The van der Waals surface area contributed by atoms with Crippen LogP contribution in [-0.2, 0) is 9.53 Å². The number of rotatable bonds is 8. The van der Waals surface area contributed by atoms with Crippen molar-refractivity contribution in [2.45, 2.75) is 56.7 Å². The Kier molecular flexibility index (Phi) is 6.59. The van der Waals surface area contributed by atoms with Crippen LogP contribution in [0.5, 0.6) is 0 Å². The molecular weight excluding hydrogens is 540 g/mol. The van der Waals surface area contributed by atoms with E-state index in [4.69, 9.17) is 4.74 Å². The summed E-state index contributed by atoms with van der Waals surface area (Å²) in [5.41, 5.74) is -0.146. The Morgan fingerprint density at radius 3 is 2.56 bits per heavy atom. The van der Waals surface area contributed by atoms with Gasteiger partial charge >= 0.3 is 12.1 Å². The van der Waals surface area contributed by atoms with Crippen molar-refractivity contribution in [2.75, 3.05) is 23.3 Å². The highest BCUT2D eigenvalue weighted by Crippen LogP contribution is 2.41. The molecule has 0 radical (unpaired) electrons. The van der Waals surface area contributed by atoms with Crippen molar-refractivity contribution in [2.24, 2.45) is 0 Å². The largest absolute Gasteiger partial charge is 0.477 e. The number of carboxylic acids is 1. The highest BCUT2D eigenvalue weighted by Gasteiger charge is 2.36. The number of hydrogen-bond acceptors (Lipinski definition) is 7. The Hall–Kier alpha value is -4.55. The van der Waals surface area contributed by atoms with Gasteiger partial charge in [0.1, 0.15) is 28.9 Å². The number of halogens is 2. The number of carboxylic acid groups (broad SMARTS) is 1. The lowest BCUT2D eigenvalue weighted by Gasteiger charge is -2.36. The Morgan fingerprint density at radius 2 is 1.90 bits per heavy atom. The molecule has 3 aromatic rings. The average Bonchev–Trinajstić information content (AvgIpc) is 3.67. The molecule has 3 aliphatic rings. The van der Waals surface area contributed by atoms with Crippen molar-refractivity contribution < 1.29 is 33.0 Å². The van der Waals surface area contributed by atoms with Gasteiger partial charge in [0.25, 0.3) is 0 Å². The monoisotopic (exact) mass is 567 g/mol. The number of anilines is 2. The molecule has 1 aliphatic heterocycles. The predicted octanol–water partition coefficient (Wildman–Crippen LogP) is 3.53. The molecule has 1 saturated heterocycles. The van der Waals surface area contributed by atoms with Gasteiger partial charge in [-0.25, -0.2) is 23.4 Å². The van der Waals surface area contributed by atoms with Crippen LogP contribution in [0.2, 0.25) is 0 Å². The molecule has 3 fully saturated rings. The van der Waals surface area contributed by atoms with E-state index in [9.17, 15) is 28.7 Å². The highest BCUT2D eigenvalue weighted by molar-refractivity contribution is 5.92. The lowest BCUT2D eigenvalue weighted by molar-refractivity contribution is -0.119. The number of ether oxygens (including phenoxy) is 1. The fourth-order valence-electron chi connectivity index (χ4n) is 5.39. The second-order valence-corrected chi connectivity index (χ2v) is 10.8. The molecule has 13 heteroatoms. The van der Waals surface area contributed by atoms with E-state index >= 15 is 4.39 Å². The number of hydrogen-bond donors (Lipinski definition) is 3. The van der Waals surface area contributed by atoms with E-state index in [1.165, 1.54) is 30.2 Å². The van der Waals surface area contributed by atoms with Crippen molar-refractivity contribution >= 4 is 40.4 Å². The van der Waals surface area contributed by atoms with Crippen molar-refractivity contribution in [3.05, 3.63) is 63.6 Å². The molecule has 2 amide bonds. The van der Waals surface area contributed by atoms with Gasteiger partial charge in [0.15, 0.2) is 0 Å². The van der Waals surface area contributed by atoms with E-state index in [1.54, 1.807) is 10.6 Å². The second-order valence-electron chi connectivity index (χ2n) is 10.8. The fourth-order valence-corrected chi connectivity index (χ4v) is 5.39. The molecule has 41 heavy (non-hydrogen) atoms. The van der Waals surface area contributed by atoms with Gasteiger partial charge in [-0.15, -0.1) is 0 Å². The molecular formula is C28H27F2N5O6. The van der Waals surface area contributed by atoms with Crippen LogP contribution in [0.3, 0.4) is 0 Å². The van der Waals surface area contributed by atoms with Gasteiger partial charge in [-0.2, -0.15) is 0 Å². The lowest BCUT2D eigenvalue weighted by atomic mass is 9.77. The SMILES string of the molecule is CC(=O)NC[C@@H]1CN(c2ccc(NC3CC(c4nc5c(cc4F)c(=O)c(C(=O)O)cn5C4CC4)C3)c(F)c2)C(=O)O1. The topological polar surface area (TPSA) is 143 Å². The van der Waals surface area contributed by atoms with Crippen molar-refractivity contribution in [3.63, 3.8) is 0 Å². The van der Waals surface area contributed by atoms with Gasteiger partial charge in [-0.3, -0.25) is 14.5 Å². The number of nitrogens with zero attached hydrogens (tertiary/aromatic N) is 3. The van der Waals surface area contributed by atoms with E-state index in [0.717, 1.165) is 18.9 Å². The predicted molar refractivity (Wildman–Crippen MR) is 143 cm³/mol. The summed E-state index contributed by atoms with van der Waals surface area (Å²) in [7, 11) is 0. The Morgan fingerprint density at radius 1 is 1.15 bits per heavy atom. The van der Waals surface area contributed by atoms with E-state index in [-0.39, 0.29) is 59.4 Å². The first-order chi connectivity index (χ1) is 19.6. The second kappa shape index (κ2) is 10.1. The van der Waals surface area contributed by atoms with E-state index in [1.807, 2.05) is 0 Å². The Bertz CT molecular complexity index is 1650. The van der Waals surface area contributed by atoms with Crippen LogP contribution in [0.4, 0.5) is 25.0 Å². The maximum absolute atomic E-state index is 15.1. The third kappa shape index (κ3) is 5.07. The summed E-state index contributed by atoms with van der Waals surface area (Å²) < 4.78 is 37.0. The molecule has 214 valence electrons. The third-order valence-electron chi connectivity index (χ3n) is 7.76. The Balaban J connectivity index is 1.14. The zero-order valence-corrected chi connectivity index (χ0v) is 22.0. The molecule has 3 heterocycles. The van der Waals surface area contributed by atoms with E-state index < -0.39 is 40.8 Å². The van der Waals surface area contributed by atoms with Gasteiger partial charge in [-0.1, -0.05) is 0 Å². The first-order valence-corrected chi connectivity index (χ1v) is 13.4. The number of benzene rings is 1. The van der Waals surface area contributed by atoms with Crippen LogP contribution >= 0.6 is 0 Å². The van der Waals surface area contributed by atoms with Gasteiger partial charge in [0.05, 0.1) is 35.5 Å². The quantitative estimate of drug-likeness (QED) is 0.375. The summed E-state index contributed by atoms with van der Waals surface area (Å²) in [6.07, 6.45) is 2.72. The van der Waals surface area contributed by atoms with Crippen LogP contribution in [0.25, 0.3) is 11.0 Å². The molecule has 0 spiro atoms.